The number of carbonyl (C=O) groups excluding carboxylic acids is 1. The van der Waals surface area contributed by atoms with Crippen LogP contribution in [0.2, 0.25) is 0 Å². The van der Waals surface area contributed by atoms with E-state index in [0.717, 1.165) is 12.1 Å². The van der Waals surface area contributed by atoms with Gasteiger partial charge in [-0.1, -0.05) is 13.0 Å². The van der Waals surface area contributed by atoms with E-state index in [1.165, 1.54) is 0 Å². The summed E-state index contributed by atoms with van der Waals surface area (Å²) in [6, 6.07) is 5.72. The van der Waals surface area contributed by atoms with Gasteiger partial charge < -0.3 is 20.1 Å². The number of hydrogen-bond donors (Lipinski definition) is 2. The van der Waals surface area contributed by atoms with E-state index in [4.69, 9.17) is 9.47 Å². The van der Waals surface area contributed by atoms with Gasteiger partial charge in [0.05, 0.1) is 12.3 Å². The highest BCUT2D eigenvalue weighted by Crippen LogP contribution is 2.25. The second kappa shape index (κ2) is 9.34. The van der Waals surface area contributed by atoms with Crippen molar-refractivity contribution in [1.29, 1.82) is 0 Å². The van der Waals surface area contributed by atoms with E-state index >= 15 is 0 Å². The predicted octanol–water partition coefficient (Wildman–Crippen LogP) is 1.96. The standard InChI is InChI=1S/C15H24N2O3/c1-4-16-8-7-15(18)17-13-6-5-12(2)11-14(13)20-10-9-19-3/h5-6,11,16H,4,7-10H2,1-3H3,(H,17,18). The number of aryl methyl sites for hydroxylation is 1. The van der Waals surface area contributed by atoms with E-state index < -0.39 is 0 Å². The molecule has 0 bridgehead atoms. The highest BCUT2D eigenvalue weighted by molar-refractivity contribution is 5.92. The maximum absolute atomic E-state index is 11.8. The molecule has 112 valence electrons. The third-order valence-corrected chi connectivity index (χ3v) is 2.74. The lowest BCUT2D eigenvalue weighted by Crippen LogP contribution is -2.21. The number of methoxy groups -OCH3 is 1. The molecule has 1 rings (SSSR count). The molecule has 0 saturated heterocycles. The Labute approximate surface area is 120 Å². The zero-order chi connectivity index (χ0) is 14.8. The molecule has 2 N–H and O–H groups in total. The van der Waals surface area contributed by atoms with Crippen LogP contribution < -0.4 is 15.4 Å². The molecule has 1 amide bonds. The third kappa shape index (κ3) is 6.04. The minimum atomic E-state index is -0.0219. The summed E-state index contributed by atoms with van der Waals surface area (Å²) in [6.45, 7) is 6.51. The molecule has 0 aliphatic carbocycles. The lowest BCUT2D eigenvalue weighted by molar-refractivity contribution is -0.116. The highest BCUT2D eigenvalue weighted by Gasteiger charge is 2.08. The number of amides is 1. The van der Waals surface area contributed by atoms with Crippen molar-refractivity contribution in [2.24, 2.45) is 0 Å². The fraction of sp³-hybridized carbons (Fsp3) is 0.533. The SMILES string of the molecule is CCNCCC(=O)Nc1ccc(C)cc1OCCOC. The van der Waals surface area contributed by atoms with Gasteiger partial charge in [0.25, 0.3) is 0 Å². The first-order valence-corrected chi connectivity index (χ1v) is 6.90. The van der Waals surface area contributed by atoms with Gasteiger partial charge in [-0.15, -0.1) is 0 Å². The zero-order valence-electron chi connectivity index (χ0n) is 12.5. The Morgan fingerprint density at radius 2 is 2.10 bits per heavy atom. The average Bonchev–Trinajstić information content (AvgIpc) is 2.42. The number of ether oxygens (including phenoxy) is 2. The summed E-state index contributed by atoms with van der Waals surface area (Å²) in [7, 11) is 1.63. The van der Waals surface area contributed by atoms with E-state index in [1.54, 1.807) is 7.11 Å². The predicted molar refractivity (Wildman–Crippen MR) is 80.3 cm³/mol. The number of anilines is 1. The smallest absolute Gasteiger partial charge is 0.225 e. The Balaban J connectivity index is 2.60. The van der Waals surface area contributed by atoms with Crippen molar-refractivity contribution < 1.29 is 14.3 Å². The largest absolute Gasteiger partial charge is 0.489 e. The van der Waals surface area contributed by atoms with Gasteiger partial charge in [-0.05, 0) is 31.2 Å². The first kappa shape index (κ1) is 16.5. The lowest BCUT2D eigenvalue weighted by atomic mass is 10.2. The van der Waals surface area contributed by atoms with E-state index in [1.807, 2.05) is 32.0 Å². The van der Waals surface area contributed by atoms with Crippen molar-refractivity contribution in [3.63, 3.8) is 0 Å². The molecule has 0 saturated carbocycles. The van der Waals surface area contributed by atoms with Crippen LogP contribution in [-0.4, -0.2) is 39.3 Å². The molecule has 0 radical (unpaired) electrons. The van der Waals surface area contributed by atoms with Gasteiger partial charge in [0.15, 0.2) is 0 Å². The maximum Gasteiger partial charge on any atom is 0.225 e. The number of hydrogen-bond acceptors (Lipinski definition) is 4. The van der Waals surface area contributed by atoms with Crippen molar-refractivity contribution in [2.75, 3.05) is 38.7 Å². The Morgan fingerprint density at radius 1 is 1.30 bits per heavy atom. The van der Waals surface area contributed by atoms with Crippen LogP contribution in [0.4, 0.5) is 5.69 Å². The zero-order valence-corrected chi connectivity index (χ0v) is 12.5. The van der Waals surface area contributed by atoms with Gasteiger partial charge in [-0.2, -0.15) is 0 Å². The normalized spacial score (nSPS) is 10.3. The molecule has 5 heteroatoms. The Bertz CT molecular complexity index is 422. The average molecular weight is 280 g/mol. The first-order chi connectivity index (χ1) is 9.67. The molecule has 1 aromatic rings. The van der Waals surface area contributed by atoms with Crippen LogP contribution in [0.5, 0.6) is 5.75 Å². The number of benzene rings is 1. The molecular weight excluding hydrogens is 256 g/mol. The molecule has 0 aromatic heterocycles. The van der Waals surface area contributed by atoms with Crippen molar-refractivity contribution in [3.8, 4) is 5.75 Å². The van der Waals surface area contributed by atoms with Gasteiger partial charge in [0, 0.05) is 20.1 Å². The Hall–Kier alpha value is -1.59. The number of nitrogens with one attached hydrogen (secondary N) is 2. The summed E-state index contributed by atoms with van der Waals surface area (Å²) >= 11 is 0. The van der Waals surface area contributed by atoms with Crippen LogP contribution in [-0.2, 0) is 9.53 Å². The monoisotopic (exact) mass is 280 g/mol. The van der Waals surface area contributed by atoms with Crippen LogP contribution in [0.15, 0.2) is 18.2 Å². The van der Waals surface area contributed by atoms with Crippen molar-refractivity contribution in [3.05, 3.63) is 23.8 Å². The summed E-state index contributed by atoms with van der Waals surface area (Å²) < 4.78 is 10.6. The summed E-state index contributed by atoms with van der Waals surface area (Å²) in [5.74, 6) is 0.658. The quantitative estimate of drug-likeness (QED) is 0.679. The van der Waals surface area contributed by atoms with Gasteiger partial charge in [-0.3, -0.25) is 4.79 Å². The molecule has 0 fully saturated rings. The van der Waals surface area contributed by atoms with Gasteiger partial charge in [-0.25, -0.2) is 0 Å². The van der Waals surface area contributed by atoms with E-state index in [9.17, 15) is 4.79 Å². The van der Waals surface area contributed by atoms with Gasteiger partial charge in [0.1, 0.15) is 12.4 Å². The second-order valence-electron chi connectivity index (χ2n) is 4.49. The number of rotatable bonds is 9. The molecule has 0 heterocycles. The lowest BCUT2D eigenvalue weighted by Gasteiger charge is -2.13. The molecule has 0 aliphatic rings. The second-order valence-corrected chi connectivity index (χ2v) is 4.49. The molecule has 0 aliphatic heterocycles. The first-order valence-electron chi connectivity index (χ1n) is 6.90. The van der Waals surface area contributed by atoms with E-state index in [2.05, 4.69) is 10.6 Å². The van der Waals surface area contributed by atoms with Gasteiger partial charge in [0.2, 0.25) is 5.91 Å². The van der Waals surface area contributed by atoms with Crippen LogP contribution in [0.1, 0.15) is 18.9 Å². The Morgan fingerprint density at radius 3 is 2.80 bits per heavy atom. The van der Waals surface area contributed by atoms with Crippen molar-refractivity contribution in [2.45, 2.75) is 20.3 Å². The molecule has 0 unspecified atom stereocenters. The van der Waals surface area contributed by atoms with Crippen LogP contribution in [0.3, 0.4) is 0 Å². The van der Waals surface area contributed by atoms with Crippen LogP contribution in [0, 0.1) is 6.92 Å². The number of carbonyl (C=O) groups is 1. The maximum atomic E-state index is 11.8. The highest BCUT2D eigenvalue weighted by atomic mass is 16.5. The summed E-state index contributed by atoms with van der Waals surface area (Å²) in [4.78, 5) is 11.8. The molecule has 5 nitrogen and oxygen atoms in total. The Kier molecular flexibility index (Phi) is 7.69. The van der Waals surface area contributed by atoms with Crippen LogP contribution >= 0.6 is 0 Å². The fourth-order valence-electron chi connectivity index (χ4n) is 1.68. The van der Waals surface area contributed by atoms with Crippen molar-refractivity contribution in [1.82, 2.24) is 5.32 Å². The minimum Gasteiger partial charge on any atom is -0.489 e. The van der Waals surface area contributed by atoms with E-state index in [-0.39, 0.29) is 5.91 Å². The summed E-state index contributed by atoms with van der Waals surface area (Å²) in [5, 5.41) is 6.00. The summed E-state index contributed by atoms with van der Waals surface area (Å²) in [6.07, 6.45) is 0.444. The minimum absolute atomic E-state index is 0.0219. The molecule has 20 heavy (non-hydrogen) atoms. The third-order valence-electron chi connectivity index (χ3n) is 2.74. The molecular formula is C15H24N2O3. The fourth-order valence-corrected chi connectivity index (χ4v) is 1.68. The van der Waals surface area contributed by atoms with Gasteiger partial charge >= 0.3 is 0 Å². The van der Waals surface area contributed by atoms with E-state index in [0.29, 0.717) is 37.6 Å². The molecule has 0 atom stereocenters. The summed E-state index contributed by atoms with van der Waals surface area (Å²) in [5.41, 5.74) is 1.79. The van der Waals surface area contributed by atoms with Crippen molar-refractivity contribution >= 4 is 11.6 Å². The molecule has 1 aromatic carbocycles. The topological polar surface area (TPSA) is 59.6 Å². The molecule has 0 spiro atoms. The van der Waals surface area contributed by atoms with Crippen LogP contribution in [0.25, 0.3) is 0 Å².